The minimum atomic E-state index is -0.0912. The van der Waals surface area contributed by atoms with E-state index in [1.807, 2.05) is 0 Å². The second-order valence-electron chi connectivity index (χ2n) is 6.89. The molecule has 3 nitrogen and oxygen atoms in total. The van der Waals surface area contributed by atoms with Crippen molar-refractivity contribution < 1.29 is 14.3 Å². The van der Waals surface area contributed by atoms with Gasteiger partial charge in [-0.05, 0) is 31.6 Å². The molecule has 1 fully saturated rings. The fourth-order valence-corrected chi connectivity index (χ4v) is 3.54. The van der Waals surface area contributed by atoms with E-state index in [-0.39, 0.29) is 5.97 Å². The Hall–Kier alpha value is -0.860. The van der Waals surface area contributed by atoms with Gasteiger partial charge in [-0.1, -0.05) is 51.9 Å². The summed E-state index contributed by atoms with van der Waals surface area (Å²) in [4.78, 5) is 22.9. The Morgan fingerprint density at radius 2 is 1.64 bits per heavy atom. The van der Waals surface area contributed by atoms with Gasteiger partial charge in [0, 0.05) is 18.8 Å². The number of hydrogen-bond donors (Lipinski definition) is 0. The lowest BCUT2D eigenvalue weighted by atomic mass is 9.77. The van der Waals surface area contributed by atoms with Crippen molar-refractivity contribution in [2.75, 3.05) is 7.11 Å². The minimum absolute atomic E-state index is 0.0912. The van der Waals surface area contributed by atoms with Crippen LogP contribution in [0.2, 0.25) is 0 Å². The third-order valence-corrected chi connectivity index (χ3v) is 5.06. The molecule has 0 radical (unpaired) electrons. The third kappa shape index (κ3) is 7.95. The molecule has 0 aromatic rings. The van der Waals surface area contributed by atoms with Crippen LogP contribution in [-0.4, -0.2) is 18.9 Å². The predicted molar refractivity (Wildman–Crippen MR) is 89.7 cm³/mol. The van der Waals surface area contributed by atoms with Crippen molar-refractivity contribution in [3.8, 4) is 0 Å². The summed E-state index contributed by atoms with van der Waals surface area (Å²) in [6, 6.07) is 0. The SMILES string of the molecule is COC(=O)CCCCCCCCCCC1C(=O)CCCC1C. The number of carbonyl (C=O) groups excluding carboxylic acids is 2. The summed E-state index contributed by atoms with van der Waals surface area (Å²) in [5, 5.41) is 0. The van der Waals surface area contributed by atoms with Gasteiger partial charge in [-0.3, -0.25) is 9.59 Å². The van der Waals surface area contributed by atoms with Crippen molar-refractivity contribution in [3.63, 3.8) is 0 Å². The van der Waals surface area contributed by atoms with E-state index in [9.17, 15) is 9.59 Å². The quantitative estimate of drug-likeness (QED) is 0.395. The molecule has 0 heterocycles. The van der Waals surface area contributed by atoms with Gasteiger partial charge in [0.2, 0.25) is 0 Å². The molecular formula is C19H34O3. The fraction of sp³-hybridized carbons (Fsp3) is 0.895. The smallest absolute Gasteiger partial charge is 0.305 e. The number of rotatable bonds is 11. The van der Waals surface area contributed by atoms with Crippen LogP contribution in [0.15, 0.2) is 0 Å². The number of hydrogen-bond acceptors (Lipinski definition) is 3. The van der Waals surface area contributed by atoms with E-state index < -0.39 is 0 Å². The molecule has 2 atom stereocenters. The molecule has 1 aliphatic rings. The Morgan fingerprint density at radius 3 is 2.23 bits per heavy atom. The summed E-state index contributed by atoms with van der Waals surface area (Å²) in [6.07, 6.45) is 14.4. The van der Waals surface area contributed by atoms with Gasteiger partial charge in [-0.15, -0.1) is 0 Å². The predicted octanol–water partition coefficient (Wildman–Crippen LogP) is 5.07. The van der Waals surface area contributed by atoms with Crippen LogP contribution < -0.4 is 0 Å². The summed E-state index contributed by atoms with van der Waals surface area (Å²) < 4.78 is 4.62. The maximum absolute atomic E-state index is 11.9. The molecule has 128 valence electrons. The molecule has 1 rings (SSSR count). The van der Waals surface area contributed by atoms with Gasteiger partial charge < -0.3 is 4.74 Å². The normalized spacial score (nSPS) is 21.8. The monoisotopic (exact) mass is 310 g/mol. The fourth-order valence-electron chi connectivity index (χ4n) is 3.54. The van der Waals surface area contributed by atoms with Crippen LogP contribution in [0.3, 0.4) is 0 Å². The molecule has 22 heavy (non-hydrogen) atoms. The minimum Gasteiger partial charge on any atom is -0.469 e. The summed E-state index contributed by atoms with van der Waals surface area (Å²) >= 11 is 0. The van der Waals surface area contributed by atoms with Gasteiger partial charge >= 0.3 is 5.97 Å². The lowest BCUT2D eigenvalue weighted by molar-refractivity contribution is -0.140. The van der Waals surface area contributed by atoms with Crippen LogP contribution in [0.4, 0.5) is 0 Å². The highest BCUT2D eigenvalue weighted by molar-refractivity contribution is 5.81. The van der Waals surface area contributed by atoms with E-state index in [0.717, 1.165) is 32.1 Å². The molecule has 0 aromatic carbocycles. The van der Waals surface area contributed by atoms with Crippen LogP contribution in [0.25, 0.3) is 0 Å². The van der Waals surface area contributed by atoms with Gasteiger partial charge in [0.1, 0.15) is 5.78 Å². The maximum Gasteiger partial charge on any atom is 0.305 e. The van der Waals surface area contributed by atoms with Gasteiger partial charge in [-0.25, -0.2) is 0 Å². The number of Topliss-reactive ketones (excluding diaryl/α,β-unsaturated/α-hetero) is 1. The van der Waals surface area contributed by atoms with Gasteiger partial charge in [0.25, 0.3) is 0 Å². The Morgan fingerprint density at radius 1 is 1.05 bits per heavy atom. The summed E-state index contributed by atoms with van der Waals surface area (Å²) in [5.74, 6) is 1.39. The standard InChI is InChI=1S/C19H34O3/c1-16-12-11-14-18(20)17(16)13-9-7-5-3-4-6-8-10-15-19(21)22-2/h16-17H,3-15H2,1-2H3. The first-order chi connectivity index (χ1) is 10.6. The second-order valence-corrected chi connectivity index (χ2v) is 6.89. The Balaban J connectivity index is 1.89. The molecule has 0 spiro atoms. The van der Waals surface area contributed by atoms with Gasteiger partial charge in [0.15, 0.2) is 0 Å². The van der Waals surface area contributed by atoms with Crippen molar-refractivity contribution >= 4 is 11.8 Å². The molecule has 1 aliphatic carbocycles. The molecular weight excluding hydrogens is 276 g/mol. The van der Waals surface area contributed by atoms with Crippen LogP contribution in [0.5, 0.6) is 0 Å². The number of ether oxygens (including phenoxy) is 1. The van der Waals surface area contributed by atoms with E-state index >= 15 is 0 Å². The van der Waals surface area contributed by atoms with E-state index in [2.05, 4.69) is 11.7 Å². The zero-order valence-electron chi connectivity index (χ0n) is 14.6. The number of carbonyl (C=O) groups is 2. The number of methoxy groups -OCH3 is 1. The van der Waals surface area contributed by atoms with E-state index in [1.165, 1.54) is 52.1 Å². The van der Waals surface area contributed by atoms with Crippen molar-refractivity contribution in [2.24, 2.45) is 11.8 Å². The first-order valence-corrected chi connectivity index (χ1v) is 9.24. The number of ketones is 1. The van der Waals surface area contributed by atoms with Crippen LogP contribution in [-0.2, 0) is 14.3 Å². The molecule has 1 saturated carbocycles. The number of unbranched alkanes of at least 4 members (excludes halogenated alkanes) is 7. The first kappa shape index (κ1) is 19.2. The number of esters is 1. The average Bonchev–Trinajstić information content (AvgIpc) is 2.51. The Labute approximate surface area is 136 Å². The molecule has 0 bridgehead atoms. The largest absolute Gasteiger partial charge is 0.469 e. The molecule has 0 amide bonds. The van der Waals surface area contributed by atoms with Crippen LogP contribution in [0.1, 0.15) is 90.4 Å². The molecule has 0 aromatic heterocycles. The molecule has 3 heteroatoms. The van der Waals surface area contributed by atoms with Crippen molar-refractivity contribution in [1.29, 1.82) is 0 Å². The molecule has 0 saturated heterocycles. The van der Waals surface area contributed by atoms with E-state index in [0.29, 0.717) is 24.0 Å². The topological polar surface area (TPSA) is 43.4 Å². The lowest BCUT2D eigenvalue weighted by Gasteiger charge is -2.27. The molecule has 0 N–H and O–H groups in total. The van der Waals surface area contributed by atoms with E-state index in [4.69, 9.17) is 0 Å². The van der Waals surface area contributed by atoms with Crippen molar-refractivity contribution in [1.82, 2.24) is 0 Å². The third-order valence-electron chi connectivity index (χ3n) is 5.06. The molecule has 0 aliphatic heterocycles. The first-order valence-electron chi connectivity index (χ1n) is 9.24. The summed E-state index contributed by atoms with van der Waals surface area (Å²) in [5.41, 5.74) is 0. The average molecular weight is 310 g/mol. The van der Waals surface area contributed by atoms with Gasteiger partial charge in [-0.2, -0.15) is 0 Å². The zero-order chi connectivity index (χ0) is 16.2. The summed E-state index contributed by atoms with van der Waals surface area (Å²) in [6.45, 7) is 2.25. The highest BCUT2D eigenvalue weighted by Gasteiger charge is 2.27. The van der Waals surface area contributed by atoms with Crippen molar-refractivity contribution in [2.45, 2.75) is 90.4 Å². The zero-order valence-corrected chi connectivity index (χ0v) is 14.6. The maximum atomic E-state index is 11.9. The Bertz CT molecular complexity index is 325. The summed E-state index contributed by atoms with van der Waals surface area (Å²) in [7, 11) is 1.45. The molecule has 2 unspecified atom stereocenters. The second kappa shape index (κ2) is 11.7. The van der Waals surface area contributed by atoms with Gasteiger partial charge in [0.05, 0.1) is 7.11 Å². The highest BCUT2D eigenvalue weighted by atomic mass is 16.5. The lowest BCUT2D eigenvalue weighted by Crippen LogP contribution is -2.26. The van der Waals surface area contributed by atoms with Crippen LogP contribution in [0, 0.1) is 11.8 Å². The van der Waals surface area contributed by atoms with Crippen molar-refractivity contribution in [3.05, 3.63) is 0 Å². The Kier molecular flexibility index (Phi) is 10.2. The van der Waals surface area contributed by atoms with E-state index in [1.54, 1.807) is 0 Å². The highest BCUT2D eigenvalue weighted by Crippen LogP contribution is 2.30. The van der Waals surface area contributed by atoms with Crippen LogP contribution >= 0.6 is 0 Å².